The number of rotatable bonds is 8. The first kappa shape index (κ1) is 20.5. The molecule has 30 heavy (non-hydrogen) atoms. The molecule has 0 unspecified atom stereocenters. The molecule has 0 saturated heterocycles. The van der Waals surface area contributed by atoms with E-state index in [1.165, 1.54) is 14.2 Å². The number of carbonyl (C=O) groups excluding carboxylic acids is 1. The van der Waals surface area contributed by atoms with Crippen molar-refractivity contribution in [1.82, 2.24) is 15.0 Å². The fourth-order valence-electron chi connectivity index (χ4n) is 2.61. The zero-order valence-electron chi connectivity index (χ0n) is 16.2. The third-order valence-corrected chi connectivity index (χ3v) is 3.98. The lowest BCUT2D eigenvalue weighted by Crippen LogP contribution is -2.15. The van der Waals surface area contributed by atoms with E-state index in [0.717, 1.165) is 5.56 Å². The van der Waals surface area contributed by atoms with Gasteiger partial charge in [0.25, 0.3) is 0 Å². The van der Waals surface area contributed by atoms with E-state index < -0.39 is 11.9 Å². The maximum Gasteiger partial charge on any atom is 0.341 e. The van der Waals surface area contributed by atoms with E-state index in [0.29, 0.717) is 22.9 Å². The van der Waals surface area contributed by atoms with Gasteiger partial charge in [-0.25, -0.2) is 9.78 Å². The van der Waals surface area contributed by atoms with Crippen LogP contribution in [0.4, 0.5) is 17.5 Å². The Hall–Kier alpha value is -4.21. The Balaban J connectivity index is 1.95. The molecule has 3 N–H and O–H groups in total. The molecule has 0 radical (unpaired) electrons. The van der Waals surface area contributed by atoms with Crippen molar-refractivity contribution < 1.29 is 24.2 Å². The zero-order valence-corrected chi connectivity index (χ0v) is 16.2. The number of hydrogen-bond donors (Lipinski definition) is 3. The number of anilines is 3. The molecular formula is C20H19N5O5. The van der Waals surface area contributed by atoms with Crippen molar-refractivity contribution in [3.8, 4) is 17.0 Å². The third kappa shape index (κ3) is 4.98. The number of pyridine rings is 1. The van der Waals surface area contributed by atoms with Crippen molar-refractivity contribution in [2.45, 2.75) is 0 Å². The van der Waals surface area contributed by atoms with Crippen LogP contribution in [0.3, 0.4) is 0 Å². The Kier molecular flexibility index (Phi) is 6.38. The van der Waals surface area contributed by atoms with Gasteiger partial charge in [-0.1, -0.05) is 0 Å². The molecule has 3 aromatic rings. The van der Waals surface area contributed by atoms with Gasteiger partial charge in [-0.05, 0) is 24.3 Å². The first-order chi connectivity index (χ1) is 14.5. The summed E-state index contributed by atoms with van der Waals surface area (Å²) in [7, 11) is 2.74. The van der Waals surface area contributed by atoms with Gasteiger partial charge in [0, 0.05) is 35.8 Å². The van der Waals surface area contributed by atoms with Gasteiger partial charge in [0.15, 0.2) is 0 Å². The Morgan fingerprint density at radius 3 is 2.50 bits per heavy atom. The average Bonchev–Trinajstić information content (AvgIpc) is 2.77. The Morgan fingerprint density at radius 1 is 1.07 bits per heavy atom. The summed E-state index contributed by atoms with van der Waals surface area (Å²) in [4.78, 5) is 35.4. The molecule has 0 fully saturated rings. The number of ether oxygens (including phenoxy) is 2. The van der Waals surface area contributed by atoms with E-state index in [4.69, 9.17) is 14.6 Å². The second-order valence-electron chi connectivity index (χ2n) is 5.98. The first-order valence-corrected chi connectivity index (χ1v) is 8.78. The number of carboxylic acids is 1. The molecule has 154 valence electrons. The summed E-state index contributed by atoms with van der Waals surface area (Å²) >= 11 is 0. The van der Waals surface area contributed by atoms with Crippen LogP contribution in [0.5, 0.6) is 5.75 Å². The number of benzene rings is 1. The smallest absolute Gasteiger partial charge is 0.341 e. The maximum absolute atomic E-state index is 11.8. The number of nitrogens with one attached hydrogen (secondary N) is 2. The molecule has 10 nitrogen and oxygen atoms in total. The monoisotopic (exact) mass is 409 g/mol. The molecule has 2 aromatic heterocycles. The predicted octanol–water partition coefficient (Wildman–Crippen LogP) is 2.57. The normalized spacial score (nSPS) is 10.2. The fourth-order valence-corrected chi connectivity index (χ4v) is 2.61. The first-order valence-electron chi connectivity index (χ1n) is 8.78. The molecule has 0 bridgehead atoms. The van der Waals surface area contributed by atoms with Crippen LogP contribution in [0.1, 0.15) is 10.4 Å². The summed E-state index contributed by atoms with van der Waals surface area (Å²) in [6.07, 6.45) is 3.26. The van der Waals surface area contributed by atoms with Crippen LogP contribution in [0.2, 0.25) is 0 Å². The number of aromatic nitrogens is 3. The molecule has 2 heterocycles. The van der Waals surface area contributed by atoms with Crippen LogP contribution in [0.25, 0.3) is 11.3 Å². The van der Waals surface area contributed by atoms with Crippen molar-refractivity contribution >= 4 is 29.4 Å². The van der Waals surface area contributed by atoms with Crippen molar-refractivity contribution in [1.29, 1.82) is 0 Å². The number of carbonyl (C=O) groups is 2. The molecule has 0 amide bonds. The molecule has 1 aromatic carbocycles. The quantitative estimate of drug-likeness (QED) is 0.476. The van der Waals surface area contributed by atoms with Gasteiger partial charge >= 0.3 is 11.9 Å². The Morgan fingerprint density at radius 2 is 1.83 bits per heavy atom. The zero-order chi connectivity index (χ0) is 21.5. The number of carboxylic acid groups (broad SMARTS) is 1. The van der Waals surface area contributed by atoms with E-state index in [1.54, 1.807) is 48.8 Å². The van der Waals surface area contributed by atoms with Crippen LogP contribution < -0.4 is 15.4 Å². The largest absolute Gasteiger partial charge is 0.496 e. The number of hydrogen-bond acceptors (Lipinski definition) is 9. The highest BCUT2D eigenvalue weighted by Crippen LogP contribution is 2.27. The van der Waals surface area contributed by atoms with Gasteiger partial charge in [0.05, 0.1) is 19.9 Å². The van der Waals surface area contributed by atoms with Crippen molar-refractivity contribution in [2.24, 2.45) is 0 Å². The summed E-state index contributed by atoms with van der Waals surface area (Å²) in [5.74, 6) is -0.657. The van der Waals surface area contributed by atoms with E-state index in [9.17, 15) is 9.59 Å². The summed E-state index contributed by atoms with van der Waals surface area (Å²) in [5.41, 5.74) is 2.24. The molecular weight excluding hydrogens is 390 g/mol. The van der Waals surface area contributed by atoms with Gasteiger partial charge in [-0.15, -0.1) is 0 Å². The van der Waals surface area contributed by atoms with Crippen LogP contribution in [0.15, 0.2) is 48.8 Å². The Labute approximate surface area is 171 Å². The van der Waals surface area contributed by atoms with Gasteiger partial charge < -0.3 is 25.2 Å². The van der Waals surface area contributed by atoms with Crippen molar-refractivity contribution in [3.05, 3.63) is 54.4 Å². The van der Waals surface area contributed by atoms with Crippen LogP contribution in [-0.2, 0) is 9.53 Å². The second kappa shape index (κ2) is 9.32. The topological polar surface area (TPSA) is 136 Å². The lowest BCUT2D eigenvalue weighted by molar-refractivity contribution is -0.134. The van der Waals surface area contributed by atoms with Crippen LogP contribution >= 0.6 is 0 Å². The van der Waals surface area contributed by atoms with Crippen molar-refractivity contribution in [2.75, 3.05) is 31.4 Å². The Bertz CT molecular complexity index is 1060. The lowest BCUT2D eigenvalue weighted by atomic mass is 10.1. The number of methoxy groups -OCH3 is 2. The molecule has 0 aliphatic carbocycles. The van der Waals surface area contributed by atoms with Crippen LogP contribution in [0, 0.1) is 0 Å². The number of aliphatic carboxylic acids is 1. The molecule has 0 aliphatic heterocycles. The van der Waals surface area contributed by atoms with E-state index in [1.807, 2.05) is 0 Å². The van der Waals surface area contributed by atoms with Gasteiger partial charge in [0.2, 0.25) is 5.95 Å². The minimum Gasteiger partial charge on any atom is -0.496 e. The fraction of sp³-hybridized carbons (Fsp3) is 0.150. The molecule has 0 aliphatic rings. The highest BCUT2D eigenvalue weighted by Gasteiger charge is 2.14. The molecule has 3 rings (SSSR count). The third-order valence-electron chi connectivity index (χ3n) is 3.98. The highest BCUT2D eigenvalue weighted by atomic mass is 16.5. The minimum atomic E-state index is -1.04. The standard InChI is InChI=1S/C20H19N5O5/c1-29-16-9-13(3-4-14(16)19(28)30-2)23-17-10-15(12-5-7-21-8-6-12)24-20(25-17)22-11-18(26)27/h3-10H,11H2,1-2H3,(H,26,27)(H2,22,23,24,25). The SMILES string of the molecule is COC(=O)c1ccc(Nc2cc(-c3ccncc3)nc(NCC(=O)O)n2)cc1OC. The minimum absolute atomic E-state index is 0.146. The average molecular weight is 409 g/mol. The summed E-state index contributed by atoms with van der Waals surface area (Å²) in [6.45, 7) is -0.332. The molecule has 10 heteroatoms. The molecule has 0 saturated carbocycles. The van der Waals surface area contributed by atoms with Gasteiger partial charge in [-0.2, -0.15) is 4.98 Å². The van der Waals surface area contributed by atoms with Gasteiger partial charge in [-0.3, -0.25) is 9.78 Å². The van der Waals surface area contributed by atoms with Crippen molar-refractivity contribution in [3.63, 3.8) is 0 Å². The highest BCUT2D eigenvalue weighted by molar-refractivity contribution is 5.93. The molecule has 0 spiro atoms. The maximum atomic E-state index is 11.8. The van der Waals surface area contributed by atoms with E-state index in [-0.39, 0.29) is 18.1 Å². The predicted molar refractivity (Wildman–Crippen MR) is 109 cm³/mol. The summed E-state index contributed by atoms with van der Waals surface area (Å²) in [5, 5.41) is 14.7. The number of esters is 1. The van der Waals surface area contributed by atoms with E-state index >= 15 is 0 Å². The summed E-state index contributed by atoms with van der Waals surface area (Å²) in [6, 6.07) is 10.1. The summed E-state index contributed by atoms with van der Waals surface area (Å²) < 4.78 is 10.0. The number of nitrogens with zero attached hydrogens (tertiary/aromatic N) is 3. The second-order valence-corrected chi connectivity index (χ2v) is 5.98. The van der Waals surface area contributed by atoms with E-state index in [2.05, 4.69) is 25.6 Å². The molecule has 0 atom stereocenters. The lowest BCUT2D eigenvalue weighted by Gasteiger charge is -2.13. The van der Waals surface area contributed by atoms with Crippen LogP contribution in [-0.4, -0.2) is 52.8 Å². The van der Waals surface area contributed by atoms with Gasteiger partial charge in [0.1, 0.15) is 23.7 Å².